The molecule has 2 N–H and O–H groups in total. The van der Waals surface area contributed by atoms with Crippen molar-refractivity contribution >= 4 is 12.0 Å². The van der Waals surface area contributed by atoms with Crippen molar-refractivity contribution in [1.82, 2.24) is 10.6 Å². The SMILES string of the molecule is CC(COCc1cccc(F)c1)NC(=O)C(NC(=O)OC(C)C)C(C)C. The minimum absolute atomic E-state index is 0.102. The molecule has 0 saturated carbocycles. The third kappa shape index (κ3) is 8.29. The number of alkyl carbamates (subject to hydrolysis) is 1. The summed E-state index contributed by atoms with van der Waals surface area (Å²) < 4.78 is 23.7. The Morgan fingerprint density at radius 1 is 1.12 bits per heavy atom. The number of benzene rings is 1. The van der Waals surface area contributed by atoms with E-state index in [9.17, 15) is 14.0 Å². The highest BCUT2D eigenvalue weighted by molar-refractivity contribution is 5.86. The van der Waals surface area contributed by atoms with Crippen molar-refractivity contribution in [3.05, 3.63) is 35.6 Å². The van der Waals surface area contributed by atoms with Gasteiger partial charge < -0.3 is 20.1 Å². The van der Waals surface area contributed by atoms with Crippen molar-refractivity contribution in [2.24, 2.45) is 5.92 Å². The van der Waals surface area contributed by atoms with Crippen LogP contribution in [0.4, 0.5) is 9.18 Å². The fourth-order valence-electron chi connectivity index (χ4n) is 2.26. The first-order valence-corrected chi connectivity index (χ1v) is 8.78. The van der Waals surface area contributed by atoms with Crippen LogP contribution < -0.4 is 10.6 Å². The average molecular weight is 368 g/mol. The van der Waals surface area contributed by atoms with Crippen LogP contribution in [-0.4, -0.2) is 36.8 Å². The van der Waals surface area contributed by atoms with Gasteiger partial charge in [-0.1, -0.05) is 26.0 Å². The van der Waals surface area contributed by atoms with Crippen LogP contribution in [0.15, 0.2) is 24.3 Å². The molecule has 7 heteroatoms. The molecule has 2 amide bonds. The summed E-state index contributed by atoms with van der Waals surface area (Å²) >= 11 is 0. The van der Waals surface area contributed by atoms with Crippen LogP contribution in [0.3, 0.4) is 0 Å². The van der Waals surface area contributed by atoms with Crippen molar-refractivity contribution in [1.29, 1.82) is 0 Å². The van der Waals surface area contributed by atoms with Crippen LogP contribution in [0.2, 0.25) is 0 Å². The summed E-state index contributed by atoms with van der Waals surface area (Å²) in [5, 5.41) is 5.39. The topological polar surface area (TPSA) is 76.7 Å². The lowest BCUT2D eigenvalue weighted by atomic mass is 10.0. The molecule has 1 rings (SSSR count). The standard InChI is InChI=1S/C19H29FN2O4/c1-12(2)17(22-19(24)26-13(3)4)18(23)21-14(5)10-25-11-15-7-6-8-16(20)9-15/h6-9,12-14,17H,10-11H2,1-5H3,(H,21,23)(H,22,24). The average Bonchev–Trinajstić information content (AvgIpc) is 2.51. The van der Waals surface area contributed by atoms with E-state index in [1.807, 2.05) is 13.8 Å². The smallest absolute Gasteiger partial charge is 0.408 e. The van der Waals surface area contributed by atoms with Gasteiger partial charge in [0.1, 0.15) is 11.9 Å². The third-order valence-electron chi connectivity index (χ3n) is 3.48. The lowest BCUT2D eigenvalue weighted by Crippen LogP contribution is -2.52. The zero-order valence-electron chi connectivity index (χ0n) is 16.0. The molecule has 0 aliphatic rings. The fraction of sp³-hybridized carbons (Fsp3) is 0.579. The molecular weight excluding hydrogens is 339 g/mol. The fourth-order valence-corrected chi connectivity index (χ4v) is 2.26. The van der Waals surface area contributed by atoms with Crippen LogP contribution in [0.5, 0.6) is 0 Å². The zero-order valence-corrected chi connectivity index (χ0v) is 16.0. The molecule has 0 fully saturated rings. The van der Waals surface area contributed by atoms with E-state index >= 15 is 0 Å². The van der Waals surface area contributed by atoms with Crippen molar-refractivity contribution in [3.8, 4) is 0 Å². The van der Waals surface area contributed by atoms with Gasteiger partial charge in [-0.05, 0) is 44.4 Å². The van der Waals surface area contributed by atoms with Gasteiger partial charge in [0, 0.05) is 6.04 Å². The first-order valence-electron chi connectivity index (χ1n) is 8.78. The van der Waals surface area contributed by atoms with E-state index in [-0.39, 0.29) is 43.0 Å². The Labute approximate surface area is 154 Å². The van der Waals surface area contributed by atoms with Gasteiger partial charge in [-0.15, -0.1) is 0 Å². The van der Waals surface area contributed by atoms with Gasteiger partial charge in [0.25, 0.3) is 0 Å². The quantitative estimate of drug-likeness (QED) is 0.702. The molecule has 0 aromatic heterocycles. The highest BCUT2D eigenvalue weighted by Crippen LogP contribution is 2.06. The van der Waals surface area contributed by atoms with Gasteiger partial charge in [0.2, 0.25) is 5.91 Å². The summed E-state index contributed by atoms with van der Waals surface area (Å²) in [4.78, 5) is 24.2. The number of rotatable bonds is 9. The van der Waals surface area contributed by atoms with E-state index < -0.39 is 12.1 Å². The molecule has 26 heavy (non-hydrogen) atoms. The monoisotopic (exact) mass is 368 g/mol. The molecule has 0 heterocycles. The van der Waals surface area contributed by atoms with Crippen molar-refractivity contribution in [2.75, 3.05) is 6.61 Å². The van der Waals surface area contributed by atoms with Crippen LogP contribution in [0.1, 0.15) is 40.2 Å². The number of ether oxygens (including phenoxy) is 2. The summed E-state index contributed by atoms with van der Waals surface area (Å²) in [6, 6.07) is 5.20. The molecule has 1 aromatic carbocycles. The van der Waals surface area contributed by atoms with E-state index in [2.05, 4.69) is 10.6 Å². The van der Waals surface area contributed by atoms with Gasteiger partial charge in [-0.3, -0.25) is 4.79 Å². The minimum Gasteiger partial charge on any atom is -0.447 e. The molecule has 6 nitrogen and oxygen atoms in total. The first kappa shape index (κ1) is 21.9. The number of nitrogens with one attached hydrogen (secondary N) is 2. The maximum Gasteiger partial charge on any atom is 0.408 e. The van der Waals surface area contributed by atoms with Crippen LogP contribution >= 0.6 is 0 Å². The summed E-state index contributed by atoms with van der Waals surface area (Å²) in [7, 11) is 0. The Morgan fingerprint density at radius 2 is 1.81 bits per heavy atom. The van der Waals surface area contributed by atoms with Crippen LogP contribution in [0.25, 0.3) is 0 Å². The number of carbonyl (C=O) groups excluding carboxylic acids is 2. The molecule has 2 atom stereocenters. The maximum atomic E-state index is 13.1. The number of hydrogen-bond donors (Lipinski definition) is 2. The lowest BCUT2D eigenvalue weighted by Gasteiger charge is -2.24. The molecule has 146 valence electrons. The third-order valence-corrected chi connectivity index (χ3v) is 3.48. The molecule has 2 unspecified atom stereocenters. The molecule has 0 saturated heterocycles. The summed E-state index contributed by atoms with van der Waals surface area (Å²) in [5.41, 5.74) is 0.724. The number of halogens is 1. The molecule has 0 aliphatic heterocycles. The van der Waals surface area contributed by atoms with E-state index in [1.54, 1.807) is 32.9 Å². The zero-order chi connectivity index (χ0) is 19.7. The molecule has 0 radical (unpaired) electrons. The van der Waals surface area contributed by atoms with E-state index in [0.717, 1.165) is 5.56 Å². The molecule has 0 bridgehead atoms. The molecule has 0 aliphatic carbocycles. The van der Waals surface area contributed by atoms with E-state index in [1.165, 1.54) is 12.1 Å². The van der Waals surface area contributed by atoms with Crippen molar-refractivity contribution in [2.45, 2.75) is 59.4 Å². The second-order valence-electron chi connectivity index (χ2n) is 6.87. The predicted molar refractivity (Wildman–Crippen MR) is 97.0 cm³/mol. The Morgan fingerprint density at radius 3 is 2.38 bits per heavy atom. The Kier molecular flexibility index (Phi) is 9.05. The van der Waals surface area contributed by atoms with E-state index in [4.69, 9.17) is 9.47 Å². The number of carbonyl (C=O) groups is 2. The summed E-state index contributed by atoms with van der Waals surface area (Å²) in [6.07, 6.45) is -0.884. The van der Waals surface area contributed by atoms with Crippen molar-refractivity contribution in [3.63, 3.8) is 0 Å². The van der Waals surface area contributed by atoms with Crippen LogP contribution in [-0.2, 0) is 20.9 Å². The van der Waals surface area contributed by atoms with Gasteiger partial charge in [-0.2, -0.15) is 0 Å². The maximum absolute atomic E-state index is 13.1. The van der Waals surface area contributed by atoms with Gasteiger partial charge in [0.15, 0.2) is 0 Å². The predicted octanol–water partition coefficient (Wildman–Crippen LogP) is 3.01. The number of amides is 2. The van der Waals surface area contributed by atoms with E-state index in [0.29, 0.717) is 0 Å². The summed E-state index contributed by atoms with van der Waals surface area (Å²) in [6.45, 7) is 9.47. The van der Waals surface area contributed by atoms with Gasteiger partial charge >= 0.3 is 6.09 Å². The lowest BCUT2D eigenvalue weighted by molar-refractivity contribution is -0.125. The van der Waals surface area contributed by atoms with Gasteiger partial charge in [-0.25, -0.2) is 9.18 Å². The first-order chi connectivity index (χ1) is 12.2. The highest BCUT2D eigenvalue weighted by atomic mass is 19.1. The second-order valence-corrected chi connectivity index (χ2v) is 6.87. The second kappa shape index (κ2) is 10.8. The minimum atomic E-state index is -0.702. The van der Waals surface area contributed by atoms with Crippen LogP contribution in [0, 0.1) is 11.7 Å². The largest absolute Gasteiger partial charge is 0.447 e. The van der Waals surface area contributed by atoms with Crippen molar-refractivity contribution < 1.29 is 23.5 Å². The molecule has 1 aromatic rings. The van der Waals surface area contributed by atoms with Gasteiger partial charge in [0.05, 0.1) is 19.3 Å². The Bertz CT molecular complexity index is 593. The highest BCUT2D eigenvalue weighted by Gasteiger charge is 2.26. The Balaban J connectivity index is 2.45. The normalized spacial score (nSPS) is 13.4. The Hall–Kier alpha value is -2.15. The number of hydrogen-bond acceptors (Lipinski definition) is 4. The summed E-state index contributed by atoms with van der Waals surface area (Å²) in [5.74, 6) is -0.718. The molecule has 0 spiro atoms. The molecular formula is C19H29FN2O4.